The fourth-order valence-electron chi connectivity index (χ4n) is 3.24. The maximum absolute atomic E-state index is 12.8. The lowest BCUT2D eigenvalue weighted by Gasteiger charge is -2.23. The molecule has 1 heterocycles. The number of nitrogens with one attached hydrogen (secondary N) is 2. The van der Waals surface area contributed by atoms with Crippen molar-refractivity contribution in [3.63, 3.8) is 0 Å². The van der Waals surface area contributed by atoms with Crippen LogP contribution in [-0.2, 0) is 29.2 Å². The Morgan fingerprint density at radius 2 is 1.72 bits per heavy atom. The van der Waals surface area contributed by atoms with Crippen LogP contribution in [0.1, 0.15) is 37.0 Å². The van der Waals surface area contributed by atoms with Gasteiger partial charge >= 0.3 is 6.09 Å². The summed E-state index contributed by atoms with van der Waals surface area (Å²) in [6.45, 7) is 5.16. The first-order valence-electron chi connectivity index (χ1n) is 10.8. The molecule has 3 aromatic rings. The molecular weight excluding hydrogens is 404 g/mol. The van der Waals surface area contributed by atoms with E-state index in [2.05, 4.69) is 15.7 Å². The SMILES string of the molecule is CC[C@H](C)[C@H](NC(=O)OCc1ccccc1)C(=O)NCc1ccc(Cn2cccn2)cc1. The summed E-state index contributed by atoms with van der Waals surface area (Å²) >= 11 is 0. The highest BCUT2D eigenvalue weighted by Crippen LogP contribution is 2.11. The highest BCUT2D eigenvalue weighted by atomic mass is 16.5. The molecule has 7 heteroatoms. The molecule has 0 unspecified atom stereocenters. The molecule has 2 aromatic carbocycles. The van der Waals surface area contributed by atoms with Crippen molar-refractivity contribution in [2.75, 3.05) is 0 Å². The minimum Gasteiger partial charge on any atom is -0.445 e. The average molecular weight is 435 g/mol. The molecule has 0 radical (unpaired) electrons. The van der Waals surface area contributed by atoms with Crippen LogP contribution in [0.15, 0.2) is 73.1 Å². The minimum atomic E-state index is -0.664. The number of benzene rings is 2. The number of hydrogen-bond acceptors (Lipinski definition) is 4. The van der Waals surface area contributed by atoms with Crippen molar-refractivity contribution >= 4 is 12.0 Å². The third-order valence-corrected chi connectivity index (χ3v) is 5.38. The number of carbonyl (C=O) groups excluding carboxylic acids is 2. The number of alkyl carbamates (subject to hydrolysis) is 1. The lowest BCUT2D eigenvalue weighted by Crippen LogP contribution is -2.50. The first-order valence-corrected chi connectivity index (χ1v) is 10.8. The van der Waals surface area contributed by atoms with E-state index in [1.807, 2.05) is 85.4 Å². The van der Waals surface area contributed by atoms with E-state index in [4.69, 9.17) is 4.74 Å². The molecule has 0 saturated heterocycles. The molecule has 3 rings (SSSR count). The largest absolute Gasteiger partial charge is 0.445 e. The van der Waals surface area contributed by atoms with Gasteiger partial charge in [-0.2, -0.15) is 5.10 Å². The zero-order chi connectivity index (χ0) is 22.8. The van der Waals surface area contributed by atoms with Crippen molar-refractivity contribution in [3.8, 4) is 0 Å². The first kappa shape index (κ1) is 23.1. The van der Waals surface area contributed by atoms with Gasteiger partial charge in [0.15, 0.2) is 0 Å². The van der Waals surface area contributed by atoms with Crippen LogP contribution < -0.4 is 10.6 Å². The van der Waals surface area contributed by atoms with Crippen LogP contribution >= 0.6 is 0 Å². The molecule has 2 atom stereocenters. The third kappa shape index (κ3) is 6.97. The summed E-state index contributed by atoms with van der Waals surface area (Å²) in [6.07, 6.45) is 3.82. The number of aromatic nitrogens is 2. The van der Waals surface area contributed by atoms with Crippen molar-refractivity contribution in [1.82, 2.24) is 20.4 Å². The molecule has 0 aliphatic heterocycles. The zero-order valence-corrected chi connectivity index (χ0v) is 18.5. The van der Waals surface area contributed by atoms with Gasteiger partial charge in [-0.3, -0.25) is 9.48 Å². The fraction of sp³-hybridized carbons (Fsp3) is 0.320. The molecule has 7 nitrogen and oxygen atoms in total. The van der Waals surface area contributed by atoms with E-state index in [1.165, 1.54) is 0 Å². The maximum Gasteiger partial charge on any atom is 0.408 e. The average Bonchev–Trinajstić information content (AvgIpc) is 3.34. The highest BCUT2D eigenvalue weighted by Gasteiger charge is 2.26. The second-order valence-corrected chi connectivity index (χ2v) is 7.81. The van der Waals surface area contributed by atoms with Gasteiger partial charge in [-0.25, -0.2) is 4.79 Å². The molecule has 1 aromatic heterocycles. The maximum atomic E-state index is 12.8. The van der Waals surface area contributed by atoms with Crippen molar-refractivity contribution in [3.05, 3.63) is 89.7 Å². The quantitative estimate of drug-likeness (QED) is 0.507. The molecular formula is C25H30N4O3. The Hall–Kier alpha value is -3.61. The van der Waals surface area contributed by atoms with Crippen molar-refractivity contribution < 1.29 is 14.3 Å². The van der Waals surface area contributed by atoms with E-state index in [0.29, 0.717) is 13.1 Å². The number of hydrogen-bond donors (Lipinski definition) is 2. The molecule has 0 saturated carbocycles. The van der Waals surface area contributed by atoms with E-state index in [-0.39, 0.29) is 18.4 Å². The first-order chi connectivity index (χ1) is 15.5. The van der Waals surface area contributed by atoms with Crippen LogP contribution in [0.25, 0.3) is 0 Å². The van der Waals surface area contributed by atoms with Crippen molar-refractivity contribution in [2.45, 2.75) is 46.0 Å². The summed E-state index contributed by atoms with van der Waals surface area (Å²) in [6, 6.07) is 18.7. The zero-order valence-electron chi connectivity index (χ0n) is 18.5. The molecule has 0 spiro atoms. The van der Waals surface area contributed by atoms with Crippen LogP contribution in [0.2, 0.25) is 0 Å². The van der Waals surface area contributed by atoms with E-state index < -0.39 is 12.1 Å². The Bertz CT molecular complexity index is 972. The molecule has 0 aliphatic carbocycles. The summed E-state index contributed by atoms with van der Waals surface area (Å²) < 4.78 is 7.14. The smallest absolute Gasteiger partial charge is 0.408 e. The number of rotatable bonds is 10. The summed E-state index contributed by atoms with van der Waals surface area (Å²) in [4.78, 5) is 25.1. The van der Waals surface area contributed by atoms with E-state index in [9.17, 15) is 9.59 Å². The Kier molecular flexibility index (Phi) is 8.43. The van der Waals surface area contributed by atoms with Crippen LogP contribution in [0.3, 0.4) is 0 Å². The fourth-order valence-corrected chi connectivity index (χ4v) is 3.24. The van der Waals surface area contributed by atoms with Gasteiger partial charge in [0.05, 0.1) is 6.54 Å². The Labute approximate surface area is 188 Å². The van der Waals surface area contributed by atoms with Gasteiger partial charge in [0.2, 0.25) is 5.91 Å². The van der Waals surface area contributed by atoms with Gasteiger partial charge in [0, 0.05) is 18.9 Å². The van der Waals surface area contributed by atoms with Gasteiger partial charge in [-0.1, -0.05) is 74.9 Å². The molecule has 0 fully saturated rings. The van der Waals surface area contributed by atoms with Crippen molar-refractivity contribution in [1.29, 1.82) is 0 Å². The number of ether oxygens (including phenoxy) is 1. The highest BCUT2D eigenvalue weighted by molar-refractivity contribution is 5.85. The van der Waals surface area contributed by atoms with Gasteiger partial charge in [0.1, 0.15) is 12.6 Å². The van der Waals surface area contributed by atoms with Gasteiger partial charge in [-0.05, 0) is 28.7 Å². The van der Waals surface area contributed by atoms with E-state index in [1.54, 1.807) is 6.20 Å². The van der Waals surface area contributed by atoms with Gasteiger partial charge in [-0.15, -0.1) is 0 Å². The topological polar surface area (TPSA) is 85.2 Å². The standard InChI is InChI=1S/C25H30N4O3/c1-3-19(2)23(28-25(31)32-18-22-8-5-4-6-9-22)24(30)26-16-20-10-12-21(13-11-20)17-29-15-7-14-27-29/h4-15,19,23H,3,16-18H2,1-2H3,(H,26,30)(H,28,31)/t19-,23-/m0/s1. The van der Waals surface area contributed by atoms with Gasteiger partial charge in [0.25, 0.3) is 0 Å². The lowest BCUT2D eigenvalue weighted by atomic mass is 9.98. The molecule has 2 amide bonds. The molecule has 168 valence electrons. The number of carbonyl (C=O) groups is 2. The normalized spacial score (nSPS) is 12.6. The third-order valence-electron chi connectivity index (χ3n) is 5.38. The molecule has 0 bridgehead atoms. The predicted molar refractivity (Wildman–Crippen MR) is 123 cm³/mol. The summed E-state index contributed by atoms with van der Waals surface area (Å²) in [5.74, 6) is -0.257. The number of nitrogens with zero attached hydrogens (tertiary/aromatic N) is 2. The molecule has 0 aliphatic rings. The summed E-state index contributed by atoms with van der Waals surface area (Å²) in [5, 5.41) is 9.86. The number of amides is 2. The van der Waals surface area contributed by atoms with Crippen molar-refractivity contribution in [2.24, 2.45) is 5.92 Å². The summed E-state index contributed by atoms with van der Waals surface area (Å²) in [5.41, 5.74) is 3.00. The van der Waals surface area contributed by atoms with Crippen LogP contribution in [0, 0.1) is 5.92 Å². The second-order valence-electron chi connectivity index (χ2n) is 7.81. The Morgan fingerprint density at radius 1 is 1.00 bits per heavy atom. The monoisotopic (exact) mass is 434 g/mol. The molecule has 32 heavy (non-hydrogen) atoms. The van der Waals surface area contributed by atoms with E-state index in [0.717, 1.165) is 23.1 Å². The van der Waals surface area contributed by atoms with Crippen LogP contribution in [0.4, 0.5) is 4.79 Å². The molecule has 2 N–H and O–H groups in total. The van der Waals surface area contributed by atoms with Crippen LogP contribution in [0.5, 0.6) is 0 Å². The van der Waals surface area contributed by atoms with Crippen LogP contribution in [-0.4, -0.2) is 27.8 Å². The Balaban J connectivity index is 1.50. The summed E-state index contributed by atoms with van der Waals surface area (Å²) in [7, 11) is 0. The predicted octanol–water partition coefficient (Wildman–Crippen LogP) is 3.89. The van der Waals surface area contributed by atoms with E-state index >= 15 is 0 Å². The second kappa shape index (κ2) is 11.7. The van der Waals surface area contributed by atoms with Gasteiger partial charge < -0.3 is 15.4 Å². The lowest BCUT2D eigenvalue weighted by molar-refractivity contribution is -0.124. The Morgan fingerprint density at radius 3 is 2.38 bits per heavy atom. The minimum absolute atomic E-state index is 0.0317.